The molecule has 25 heavy (non-hydrogen) atoms. The van der Waals surface area contributed by atoms with Gasteiger partial charge in [-0.25, -0.2) is 0 Å². The summed E-state index contributed by atoms with van der Waals surface area (Å²) in [6.45, 7) is 6.55. The van der Waals surface area contributed by atoms with Gasteiger partial charge < -0.3 is 10.2 Å². The molecule has 1 saturated heterocycles. The predicted octanol–water partition coefficient (Wildman–Crippen LogP) is 3.37. The van der Waals surface area contributed by atoms with Gasteiger partial charge in [-0.05, 0) is 30.4 Å². The number of para-hydroxylation sites is 1. The molecule has 0 spiro atoms. The Hall–Kier alpha value is -1.30. The van der Waals surface area contributed by atoms with E-state index < -0.39 is 0 Å². The van der Waals surface area contributed by atoms with E-state index in [1.54, 1.807) is 25.2 Å². The number of hydrogen-bond acceptors (Lipinski definition) is 3. The smallest absolute Gasteiger partial charge is 0.244 e. The predicted molar refractivity (Wildman–Crippen MR) is 102 cm³/mol. The molecule has 2 atom stereocenters. The maximum Gasteiger partial charge on any atom is 0.244 e. The van der Waals surface area contributed by atoms with Crippen molar-refractivity contribution >= 4 is 40.7 Å². The first kappa shape index (κ1) is 20.0. The Bertz CT molecular complexity index is 608. The molecule has 2 amide bonds. The molecule has 5 nitrogen and oxygen atoms in total. The van der Waals surface area contributed by atoms with Crippen molar-refractivity contribution in [2.45, 2.75) is 20.3 Å². The van der Waals surface area contributed by atoms with Crippen LogP contribution < -0.4 is 5.32 Å². The molecule has 0 aliphatic carbocycles. The zero-order chi connectivity index (χ0) is 18.6. The van der Waals surface area contributed by atoms with Gasteiger partial charge in [-0.1, -0.05) is 43.1 Å². The summed E-state index contributed by atoms with van der Waals surface area (Å²) >= 11 is 12.1. The Morgan fingerprint density at radius 2 is 1.76 bits per heavy atom. The van der Waals surface area contributed by atoms with Crippen LogP contribution in [0.1, 0.15) is 20.3 Å². The highest BCUT2D eigenvalue weighted by atomic mass is 35.5. The number of piperidine rings is 1. The number of nitrogens with zero attached hydrogens (tertiary/aromatic N) is 2. The van der Waals surface area contributed by atoms with Gasteiger partial charge in [0.2, 0.25) is 11.8 Å². The largest absolute Gasteiger partial charge is 0.335 e. The fourth-order valence-corrected chi connectivity index (χ4v) is 3.82. The second-order valence-electron chi connectivity index (χ2n) is 7.03. The molecule has 1 N–H and O–H groups in total. The van der Waals surface area contributed by atoms with Gasteiger partial charge in [-0.2, -0.15) is 0 Å². The van der Waals surface area contributed by atoms with E-state index in [1.165, 1.54) is 11.3 Å². The van der Waals surface area contributed by atoms with E-state index in [2.05, 4.69) is 24.1 Å². The van der Waals surface area contributed by atoms with Crippen LogP contribution in [0.3, 0.4) is 0 Å². The Morgan fingerprint density at radius 1 is 1.20 bits per heavy atom. The highest BCUT2D eigenvalue weighted by Crippen LogP contribution is 2.29. The number of rotatable bonds is 5. The maximum atomic E-state index is 12.4. The minimum Gasteiger partial charge on any atom is -0.335 e. The first-order valence-electron chi connectivity index (χ1n) is 8.46. The van der Waals surface area contributed by atoms with E-state index in [4.69, 9.17) is 23.2 Å². The zero-order valence-electron chi connectivity index (χ0n) is 14.9. The monoisotopic (exact) mass is 385 g/mol. The van der Waals surface area contributed by atoms with Crippen LogP contribution in [0.4, 0.5) is 5.69 Å². The molecule has 0 saturated carbocycles. The van der Waals surface area contributed by atoms with Crippen molar-refractivity contribution in [2.24, 2.45) is 11.8 Å². The van der Waals surface area contributed by atoms with Crippen LogP contribution in [0.5, 0.6) is 0 Å². The number of anilines is 1. The third-order valence-electron chi connectivity index (χ3n) is 4.34. The van der Waals surface area contributed by atoms with E-state index in [0.29, 0.717) is 34.1 Å². The fraction of sp³-hybridized carbons (Fsp3) is 0.556. The summed E-state index contributed by atoms with van der Waals surface area (Å²) in [5, 5.41) is 3.41. The standard InChI is InChI=1S/C18H25Cl2N3O2/c1-12-7-13(2)9-23(8-12)11-17(25)22(3)10-16(24)21-18-14(19)5-4-6-15(18)20/h4-6,12-13H,7-11H2,1-3H3,(H,21,24)/t12-,13-/m0/s1. The highest BCUT2D eigenvalue weighted by molar-refractivity contribution is 6.39. The normalized spacial score (nSPS) is 21.0. The van der Waals surface area contributed by atoms with Crippen LogP contribution in [-0.2, 0) is 9.59 Å². The summed E-state index contributed by atoms with van der Waals surface area (Å²) in [7, 11) is 1.63. The zero-order valence-corrected chi connectivity index (χ0v) is 16.4. The van der Waals surface area contributed by atoms with Crippen molar-refractivity contribution in [1.29, 1.82) is 0 Å². The molecule has 2 rings (SSSR count). The number of likely N-dealkylation sites (tertiary alicyclic amines) is 1. The lowest BCUT2D eigenvalue weighted by Gasteiger charge is -2.35. The second kappa shape index (κ2) is 8.88. The average Bonchev–Trinajstić information content (AvgIpc) is 2.50. The van der Waals surface area contributed by atoms with Crippen molar-refractivity contribution in [3.05, 3.63) is 28.2 Å². The molecule has 1 aromatic rings. The van der Waals surface area contributed by atoms with Gasteiger partial charge >= 0.3 is 0 Å². The van der Waals surface area contributed by atoms with Crippen LogP contribution in [0.15, 0.2) is 18.2 Å². The van der Waals surface area contributed by atoms with Gasteiger partial charge in [-0.3, -0.25) is 14.5 Å². The van der Waals surface area contributed by atoms with Crippen LogP contribution >= 0.6 is 23.2 Å². The molecule has 0 unspecified atom stereocenters. The van der Waals surface area contributed by atoms with Crippen LogP contribution in [0.2, 0.25) is 10.0 Å². The molecular formula is C18H25Cl2N3O2. The quantitative estimate of drug-likeness (QED) is 0.844. The number of likely N-dealkylation sites (N-methyl/N-ethyl adjacent to an activating group) is 1. The first-order chi connectivity index (χ1) is 11.8. The van der Waals surface area contributed by atoms with Crippen molar-refractivity contribution < 1.29 is 9.59 Å². The molecule has 1 heterocycles. The number of hydrogen-bond donors (Lipinski definition) is 1. The summed E-state index contributed by atoms with van der Waals surface area (Å²) in [4.78, 5) is 28.2. The van der Waals surface area contributed by atoms with Crippen LogP contribution in [0.25, 0.3) is 0 Å². The van der Waals surface area contributed by atoms with Gasteiger partial charge in [0.1, 0.15) is 0 Å². The summed E-state index contributed by atoms with van der Waals surface area (Å²) in [5.74, 6) is 0.785. The number of benzene rings is 1. The maximum absolute atomic E-state index is 12.4. The van der Waals surface area contributed by atoms with E-state index in [1.807, 2.05) is 0 Å². The summed E-state index contributed by atoms with van der Waals surface area (Å²) in [6, 6.07) is 5.00. The van der Waals surface area contributed by atoms with Crippen molar-refractivity contribution in [1.82, 2.24) is 9.80 Å². The molecule has 7 heteroatoms. The van der Waals surface area contributed by atoms with Gasteiger partial charge in [-0.15, -0.1) is 0 Å². The molecule has 0 bridgehead atoms. The van der Waals surface area contributed by atoms with E-state index in [9.17, 15) is 9.59 Å². The van der Waals surface area contributed by atoms with Gasteiger partial charge in [0.05, 0.1) is 28.8 Å². The van der Waals surface area contributed by atoms with Gasteiger partial charge in [0.25, 0.3) is 0 Å². The number of halogens is 2. The lowest BCUT2D eigenvalue weighted by molar-refractivity contribution is -0.134. The molecule has 1 aliphatic rings. The summed E-state index contributed by atoms with van der Waals surface area (Å²) in [6.07, 6.45) is 1.20. The average molecular weight is 386 g/mol. The van der Waals surface area contributed by atoms with Crippen molar-refractivity contribution in [3.63, 3.8) is 0 Å². The summed E-state index contributed by atoms with van der Waals surface area (Å²) in [5.41, 5.74) is 0.371. The Morgan fingerprint density at radius 3 is 2.32 bits per heavy atom. The first-order valence-corrected chi connectivity index (χ1v) is 9.22. The Balaban J connectivity index is 1.87. The molecule has 138 valence electrons. The minimum atomic E-state index is -0.328. The molecule has 1 aromatic carbocycles. The molecule has 0 radical (unpaired) electrons. The van der Waals surface area contributed by atoms with Crippen LogP contribution in [0, 0.1) is 11.8 Å². The topological polar surface area (TPSA) is 52.7 Å². The van der Waals surface area contributed by atoms with Crippen molar-refractivity contribution in [2.75, 3.05) is 38.5 Å². The fourth-order valence-electron chi connectivity index (χ4n) is 3.33. The van der Waals surface area contributed by atoms with Crippen LogP contribution in [-0.4, -0.2) is 54.8 Å². The lowest BCUT2D eigenvalue weighted by Crippen LogP contribution is -2.46. The van der Waals surface area contributed by atoms with E-state index in [-0.39, 0.29) is 18.4 Å². The number of carbonyl (C=O) groups is 2. The lowest BCUT2D eigenvalue weighted by atomic mass is 9.92. The molecule has 1 aliphatic heterocycles. The summed E-state index contributed by atoms with van der Waals surface area (Å²) < 4.78 is 0. The van der Waals surface area contributed by atoms with Gasteiger partial charge in [0, 0.05) is 20.1 Å². The third kappa shape index (κ3) is 5.87. The Kier molecular flexibility index (Phi) is 7.11. The number of carbonyl (C=O) groups excluding carboxylic acids is 2. The van der Waals surface area contributed by atoms with E-state index >= 15 is 0 Å². The van der Waals surface area contributed by atoms with E-state index in [0.717, 1.165) is 13.1 Å². The highest BCUT2D eigenvalue weighted by Gasteiger charge is 2.25. The molecule has 0 aromatic heterocycles. The number of amides is 2. The SMILES string of the molecule is C[C@H]1C[C@H](C)CN(CC(=O)N(C)CC(=O)Nc2c(Cl)cccc2Cl)C1. The van der Waals surface area contributed by atoms with Crippen molar-refractivity contribution in [3.8, 4) is 0 Å². The van der Waals surface area contributed by atoms with Gasteiger partial charge in [0.15, 0.2) is 0 Å². The third-order valence-corrected chi connectivity index (χ3v) is 4.97. The number of nitrogens with one attached hydrogen (secondary N) is 1. The Labute approximate surface area is 159 Å². The molecule has 1 fully saturated rings. The minimum absolute atomic E-state index is 0.0423. The second-order valence-corrected chi connectivity index (χ2v) is 7.85. The molecular weight excluding hydrogens is 361 g/mol.